The van der Waals surface area contributed by atoms with Gasteiger partial charge >= 0.3 is 5.97 Å². The van der Waals surface area contributed by atoms with Crippen molar-refractivity contribution in [1.29, 1.82) is 0 Å². The van der Waals surface area contributed by atoms with E-state index < -0.39 is 28.1 Å². The van der Waals surface area contributed by atoms with Gasteiger partial charge in [-0.05, 0) is 50.5 Å². The average molecular weight is 416 g/mol. The zero-order chi connectivity index (χ0) is 21.0. The number of hydrogen-bond acceptors (Lipinski definition) is 5. The fraction of sp³-hybridized carbons (Fsp3) is 0.333. The summed E-state index contributed by atoms with van der Waals surface area (Å²) in [6.07, 6.45) is 0.904. The smallest absolute Gasteiger partial charge is 0.338 e. The molecule has 1 aliphatic carbocycles. The number of nitrogens with one attached hydrogen (secondary N) is 2. The molecule has 0 unspecified atom stereocenters. The van der Waals surface area contributed by atoms with E-state index in [1.54, 1.807) is 6.92 Å². The molecule has 1 amide bonds. The van der Waals surface area contributed by atoms with Crippen LogP contribution in [0.15, 0.2) is 59.5 Å². The fourth-order valence-corrected chi connectivity index (χ4v) is 4.01. The molecule has 2 aromatic carbocycles. The largest absolute Gasteiger partial charge is 0.449 e. The van der Waals surface area contributed by atoms with Crippen molar-refractivity contribution in [3.8, 4) is 0 Å². The van der Waals surface area contributed by atoms with E-state index in [0.717, 1.165) is 18.4 Å². The minimum Gasteiger partial charge on any atom is -0.449 e. The van der Waals surface area contributed by atoms with Crippen molar-refractivity contribution in [2.75, 3.05) is 0 Å². The minimum atomic E-state index is -3.85. The molecule has 29 heavy (non-hydrogen) atoms. The second-order valence-electron chi connectivity index (χ2n) is 7.11. The number of amides is 1. The molecule has 2 N–H and O–H groups in total. The third-order valence-corrected chi connectivity index (χ3v) is 6.13. The summed E-state index contributed by atoms with van der Waals surface area (Å²) in [6.45, 7) is 3.23. The number of hydrogen-bond donors (Lipinski definition) is 2. The van der Waals surface area contributed by atoms with E-state index in [0.29, 0.717) is 0 Å². The lowest BCUT2D eigenvalue weighted by molar-refractivity contribution is -0.129. The molecule has 1 aliphatic rings. The first-order valence-corrected chi connectivity index (χ1v) is 10.9. The van der Waals surface area contributed by atoms with Gasteiger partial charge in [-0.2, -0.15) is 0 Å². The van der Waals surface area contributed by atoms with E-state index in [1.807, 2.05) is 30.3 Å². The molecule has 2 aromatic rings. The highest BCUT2D eigenvalue weighted by Crippen LogP contribution is 2.20. The molecule has 3 rings (SSSR count). The van der Waals surface area contributed by atoms with Crippen LogP contribution in [0.5, 0.6) is 0 Å². The van der Waals surface area contributed by atoms with Crippen molar-refractivity contribution in [2.45, 2.75) is 49.8 Å². The zero-order valence-corrected chi connectivity index (χ0v) is 17.1. The number of carbonyl (C=O) groups is 2. The molecule has 0 bridgehead atoms. The zero-order valence-electron chi connectivity index (χ0n) is 16.3. The number of ether oxygens (including phenoxy) is 1. The summed E-state index contributed by atoms with van der Waals surface area (Å²) >= 11 is 0. The summed E-state index contributed by atoms with van der Waals surface area (Å²) in [5.74, 6) is -1.11. The van der Waals surface area contributed by atoms with Crippen LogP contribution in [0, 0.1) is 0 Å². The fourth-order valence-electron chi connectivity index (χ4n) is 2.73. The number of esters is 1. The van der Waals surface area contributed by atoms with E-state index in [9.17, 15) is 18.0 Å². The molecule has 1 fully saturated rings. The summed E-state index contributed by atoms with van der Waals surface area (Å²) < 4.78 is 33.2. The molecule has 0 radical (unpaired) electrons. The Labute approximate surface area is 170 Å². The first kappa shape index (κ1) is 21.0. The van der Waals surface area contributed by atoms with E-state index in [1.165, 1.54) is 31.2 Å². The molecule has 1 saturated carbocycles. The Morgan fingerprint density at radius 3 is 2.38 bits per heavy atom. The predicted molar refractivity (Wildman–Crippen MR) is 108 cm³/mol. The number of benzene rings is 2. The Kier molecular flexibility index (Phi) is 6.34. The van der Waals surface area contributed by atoms with E-state index >= 15 is 0 Å². The van der Waals surface area contributed by atoms with Crippen LogP contribution in [0.2, 0.25) is 0 Å². The van der Waals surface area contributed by atoms with Gasteiger partial charge in [-0.15, -0.1) is 0 Å². The van der Waals surface area contributed by atoms with Gasteiger partial charge in [0.05, 0.1) is 10.5 Å². The van der Waals surface area contributed by atoms with Crippen molar-refractivity contribution < 1.29 is 22.7 Å². The Balaban J connectivity index is 1.68. The highest BCUT2D eigenvalue weighted by Gasteiger charge is 2.28. The van der Waals surface area contributed by atoms with Crippen LogP contribution >= 0.6 is 0 Å². The first-order valence-electron chi connectivity index (χ1n) is 9.45. The highest BCUT2D eigenvalue weighted by atomic mass is 32.2. The lowest BCUT2D eigenvalue weighted by Crippen LogP contribution is -2.37. The predicted octanol–water partition coefficient (Wildman–Crippen LogP) is 2.55. The highest BCUT2D eigenvalue weighted by molar-refractivity contribution is 7.89. The summed E-state index contributed by atoms with van der Waals surface area (Å²) in [4.78, 5) is 24.3. The van der Waals surface area contributed by atoms with Crippen LogP contribution in [0.25, 0.3) is 0 Å². The molecule has 0 heterocycles. The Morgan fingerprint density at radius 2 is 1.72 bits per heavy atom. The third kappa shape index (κ3) is 5.65. The molecule has 0 saturated heterocycles. The number of rotatable bonds is 8. The first-order chi connectivity index (χ1) is 13.8. The van der Waals surface area contributed by atoms with Crippen molar-refractivity contribution in [3.05, 3.63) is 65.7 Å². The van der Waals surface area contributed by atoms with Crippen LogP contribution in [0.1, 0.15) is 48.7 Å². The van der Waals surface area contributed by atoms with Crippen molar-refractivity contribution in [1.82, 2.24) is 10.0 Å². The summed E-state index contributed by atoms with van der Waals surface area (Å²) in [6, 6.07) is 14.5. The molecule has 2 atom stereocenters. The Bertz CT molecular complexity index is 987. The van der Waals surface area contributed by atoms with Gasteiger partial charge in [0.15, 0.2) is 6.10 Å². The molecule has 8 heteroatoms. The normalized spacial score (nSPS) is 15.9. The lowest BCUT2D eigenvalue weighted by atomic mass is 10.1. The van der Waals surface area contributed by atoms with Gasteiger partial charge in [0.2, 0.25) is 10.0 Å². The maximum Gasteiger partial charge on any atom is 0.338 e. The van der Waals surface area contributed by atoms with Gasteiger partial charge in [0, 0.05) is 12.1 Å². The van der Waals surface area contributed by atoms with Gasteiger partial charge in [-0.3, -0.25) is 4.79 Å². The number of sulfonamides is 1. The summed E-state index contributed by atoms with van der Waals surface area (Å²) in [5, 5.41) is 2.76. The van der Waals surface area contributed by atoms with Gasteiger partial charge < -0.3 is 10.1 Å². The van der Waals surface area contributed by atoms with E-state index in [4.69, 9.17) is 4.74 Å². The molecule has 7 nitrogen and oxygen atoms in total. The maximum atomic E-state index is 12.7. The molecule has 154 valence electrons. The molecule has 0 aliphatic heterocycles. The maximum absolute atomic E-state index is 12.7. The monoisotopic (exact) mass is 416 g/mol. The van der Waals surface area contributed by atoms with Crippen LogP contribution in [-0.4, -0.2) is 32.4 Å². The minimum absolute atomic E-state index is 0.0511. The second-order valence-corrected chi connectivity index (χ2v) is 8.83. The van der Waals surface area contributed by atoms with Crippen molar-refractivity contribution >= 4 is 21.9 Å². The van der Waals surface area contributed by atoms with E-state index in [-0.39, 0.29) is 22.4 Å². The number of carbonyl (C=O) groups excluding carboxylic acids is 2. The lowest BCUT2D eigenvalue weighted by Gasteiger charge is -2.16. The second kappa shape index (κ2) is 8.75. The summed E-state index contributed by atoms with van der Waals surface area (Å²) in [5.41, 5.74) is 0.883. The van der Waals surface area contributed by atoms with E-state index in [2.05, 4.69) is 10.0 Å². The SMILES string of the molecule is C[C@H](NS(=O)(=O)c1cccc(C(=O)O[C@H](C)C(=O)NC2CC2)c1)c1ccccc1. The van der Waals surface area contributed by atoms with Crippen LogP contribution in [0.3, 0.4) is 0 Å². The van der Waals surface area contributed by atoms with Crippen LogP contribution in [0.4, 0.5) is 0 Å². The molecular weight excluding hydrogens is 392 g/mol. The summed E-state index contributed by atoms with van der Waals surface area (Å²) in [7, 11) is -3.85. The van der Waals surface area contributed by atoms with Gasteiger partial charge in [0.25, 0.3) is 5.91 Å². The standard InChI is InChI=1S/C21H24N2O5S/c1-14(16-7-4-3-5-8-16)23-29(26,27)19-10-6-9-17(13-19)21(25)28-15(2)20(24)22-18-11-12-18/h3-10,13-15,18,23H,11-12H2,1-2H3,(H,22,24)/t14-,15+/m0/s1. The van der Waals surface area contributed by atoms with Gasteiger partial charge in [0.1, 0.15) is 0 Å². The Hall–Kier alpha value is -2.71. The van der Waals surface area contributed by atoms with Crippen LogP contribution in [-0.2, 0) is 19.6 Å². The van der Waals surface area contributed by atoms with Crippen molar-refractivity contribution in [3.63, 3.8) is 0 Å². The topological polar surface area (TPSA) is 102 Å². The van der Waals surface area contributed by atoms with Crippen molar-refractivity contribution in [2.24, 2.45) is 0 Å². The van der Waals surface area contributed by atoms with Gasteiger partial charge in [-0.1, -0.05) is 36.4 Å². The van der Waals surface area contributed by atoms with Crippen LogP contribution < -0.4 is 10.0 Å². The third-order valence-electron chi connectivity index (χ3n) is 4.59. The van der Waals surface area contributed by atoms with Gasteiger partial charge in [-0.25, -0.2) is 17.9 Å². The quantitative estimate of drug-likeness (QED) is 0.644. The Morgan fingerprint density at radius 1 is 1.03 bits per heavy atom. The average Bonchev–Trinajstić information content (AvgIpc) is 3.52. The molecule has 0 spiro atoms. The molecule has 0 aromatic heterocycles. The molecular formula is C21H24N2O5S.